The first-order valence-corrected chi connectivity index (χ1v) is 8.03. The zero-order valence-corrected chi connectivity index (χ0v) is 14.0. The van der Waals surface area contributed by atoms with E-state index in [1.54, 1.807) is 23.2 Å². The van der Waals surface area contributed by atoms with E-state index in [-0.39, 0.29) is 5.56 Å². The Morgan fingerprint density at radius 1 is 1.22 bits per heavy atom. The number of aromatic nitrogens is 2. The fraction of sp³-hybridized carbons (Fsp3) is 0.111. The van der Waals surface area contributed by atoms with Gasteiger partial charge in [0.2, 0.25) is 0 Å². The Balaban J connectivity index is 1.82. The maximum absolute atomic E-state index is 12.6. The van der Waals surface area contributed by atoms with E-state index >= 15 is 0 Å². The highest BCUT2D eigenvalue weighted by Crippen LogP contribution is 2.30. The Morgan fingerprint density at radius 3 is 2.91 bits per heavy atom. The van der Waals surface area contributed by atoms with Crippen molar-refractivity contribution in [3.8, 4) is 0 Å². The Hall–Kier alpha value is -2.40. The Bertz CT molecular complexity index is 1060. The lowest BCUT2D eigenvalue weighted by Gasteiger charge is -2.04. The average Bonchev–Trinajstić information content (AvgIpc) is 2.99. The van der Waals surface area contributed by atoms with Crippen molar-refractivity contribution in [2.45, 2.75) is 13.5 Å². The molecule has 0 unspecified atom stereocenters. The van der Waals surface area contributed by atoms with Gasteiger partial charge in [-0.25, -0.2) is 0 Å². The standard InChI is InChI=1S/C18H13BrN2O2/c1-11-2-3-16(19)17-14(11)8-13(23-17)10-21-7-5-12-4-6-20-9-15(12)18(21)22/h2-9H,10H2,1H3. The summed E-state index contributed by atoms with van der Waals surface area (Å²) in [4.78, 5) is 16.6. The van der Waals surface area contributed by atoms with E-state index in [4.69, 9.17) is 4.42 Å². The molecule has 0 radical (unpaired) electrons. The molecule has 0 amide bonds. The summed E-state index contributed by atoms with van der Waals surface area (Å²) in [5.41, 5.74) is 1.90. The maximum Gasteiger partial charge on any atom is 0.260 e. The molecule has 4 aromatic rings. The molecule has 0 fully saturated rings. The van der Waals surface area contributed by atoms with E-state index in [1.165, 1.54) is 0 Å². The fourth-order valence-corrected chi connectivity index (χ4v) is 3.19. The zero-order chi connectivity index (χ0) is 16.0. The number of pyridine rings is 2. The molecule has 0 aliphatic carbocycles. The third kappa shape index (κ3) is 2.37. The highest BCUT2D eigenvalue weighted by atomic mass is 79.9. The molecule has 0 atom stereocenters. The van der Waals surface area contributed by atoms with Gasteiger partial charge in [0.25, 0.3) is 5.56 Å². The number of hydrogen-bond acceptors (Lipinski definition) is 3. The number of rotatable bonds is 2. The van der Waals surface area contributed by atoms with Gasteiger partial charge in [0.05, 0.1) is 16.4 Å². The SMILES string of the molecule is Cc1ccc(Br)c2oc(Cn3ccc4ccncc4c3=O)cc12. The lowest BCUT2D eigenvalue weighted by molar-refractivity contribution is 0.523. The van der Waals surface area contributed by atoms with Crippen LogP contribution >= 0.6 is 15.9 Å². The van der Waals surface area contributed by atoms with Crippen LogP contribution in [-0.4, -0.2) is 9.55 Å². The average molecular weight is 369 g/mol. The minimum absolute atomic E-state index is 0.0631. The Kier molecular flexibility index (Phi) is 3.31. The lowest BCUT2D eigenvalue weighted by Crippen LogP contribution is -2.19. The van der Waals surface area contributed by atoms with E-state index in [2.05, 4.69) is 20.9 Å². The number of aryl methyl sites for hydroxylation is 1. The van der Waals surface area contributed by atoms with Crippen molar-refractivity contribution in [3.63, 3.8) is 0 Å². The largest absolute Gasteiger partial charge is 0.458 e. The Labute approximate surface area is 140 Å². The van der Waals surface area contributed by atoms with E-state index in [9.17, 15) is 4.79 Å². The van der Waals surface area contributed by atoms with Crippen LogP contribution in [0.5, 0.6) is 0 Å². The van der Waals surface area contributed by atoms with Crippen LogP contribution in [0.4, 0.5) is 0 Å². The van der Waals surface area contributed by atoms with Crippen LogP contribution in [0.25, 0.3) is 21.7 Å². The molecule has 5 heteroatoms. The van der Waals surface area contributed by atoms with Crippen LogP contribution < -0.4 is 5.56 Å². The molecular formula is C18H13BrN2O2. The summed E-state index contributed by atoms with van der Waals surface area (Å²) in [5, 5.41) is 2.57. The van der Waals surface area contributed by atoms with E-state index in [1.807, 2.05) is 37.3 Å². The second-order valence-corrected chi connectivity index (χ2v) is 6.39. The summed E-state index contributed by atoms with van der Waals surface area (Å²) >= 11 is 3.51. The van der Waals surface area contributed by atoms with Crippen LogP contribution in [0.1, 0.15) is 11.3 Å². The third-order valence-corrected chi connectivity index (χ3v) is 4.64. The summed E-state index contributed by atoms with van der Waals surface area (Å²) in [6.45, 7) is 2.44. The number of furan rings is 1. The third-order valence-electron chi connectivity index (χ3n) is 4.01. The number of nitrogens with zero attached hydrogens (tertiary/aromatic N) is 2. The molecule has 0 saturated carbocycles. The number of fused-ring (bicyclic) bond motifs is 2. The molecule has 1 aromatic carbocycles. The highest BCUT2D eigenvalue weighted by Gasteiger charge is 2.11. The molecule has 4 rings (SSSR count). The quantitative estimate of drug-likeness (QED) is 0.530. The summed E-state index contributed by atoms with van der Waals surface area (Å²) in [7, 11) is 0. The van der Waals surface area contributed by atoms with Crippen molar-refractivity contribution >= 4 is 37.7 Å². The van der Waals surface area contributed by atoms with Gasteiger partial charge in [-0.15, -0.1) is 0 Å². The van der Waals surface area contributed by atoms with E-state index in [0.29, 0.717) is 11.9 Å². The van der Waals surface area contributed by atoms with Gasteiger partial charge >= 0.3 is 0 Å². The lowest BCUT2D eigenvalue weighted by atomic mass is 10.1. The summed E-state index contributed by atoms with van der Waals surface area (Å²) in [5.74, 6) is 0.750. The molecule has 0 N–H and O–H groups in total. The zero-order valence-electron chi connectivity index (χ0n) is 12.4. The molecular weight excluding hydrogens is 356 g/mol. The van der Waals surface area contributed by atoms with Gasteiger partial charge in [-0.1, -0.05) is 6.07 Å². The van der Waals surface area contributed by atoms with Crippen LogP contribution in [0.15, 0.2) is 62.6 Å². The van der Waals surface area contributed by atoms with Gasteiger partial charge in [0.15, 0.2) is 0 Å². The number of hydrogen-bond donors (Lipinski definition) is 0. The first-order valence-electron chi connectivity index (χ1n) is 7.24. The minimum Gasteiger partial charge on any atom is -0.458 e. The Morgan fingerprint density at radius 2 is 2.09 bits per heavy atom. The summed E-state index contributed by atoms with van der Waals surface area (Å²) < 4.78 is 8.49. The molecule has 114 valence electrons. The van der Waals surface area contributed by atoms with E-state index in [0.717, 1.165) is 32.2 Å². The van der Waals surface area contributed by atoms with Crippen LogP contribution in [0.2, 0.25) is 0 Å². The molecule has 0 saturated heterocycles. The molecule has 0 spiro atoms. The second-order valence-electron chi connectivity index (χ2n) is 5.53. The number of benzene rings is 1. The monoisotopic (exact) mass is 368 g/mol. The molecule has 0 aliphatic heterocycles. The minimum atomic E-state index is -0.0631. The topological polar surface area (TPSA) is 48.0 Å². The van der Waals surface area contributed by atoms with Crippen LogP contribution in [0.3, 0.4) is 0 Å². The smallest absolute Gasteiger partial charge is 0.260 e. The van der Waals surface area contributed by atoms with Gasteiger partial charge in [0.1, 0.15) is 11.3 Å². The first kappa shape index (κ1) is 14.2. The van der Waals surface area contributed by atoms with Crippen molar-refractivity contribution < 1.29 is 4.42 Å². The molecule has 0 bridgehead atoms. The van der Waals surface area contributed by atoms with Gasteiger partial charge in [-0.3, -0.25) is 9.78 Å². The highest BCUT2D eigenvalue weighted by molar-refractivity contribution is 9.10. The fourth-order valence-electron chi connectivity index (χ4n) is 2.77. The van der Waals surface area contributed by atoms with Gasteiger partial charge in [-0.2, -0.15) is 0 Å². The van der Waals surface area contributed by atoms with Crippen LogP contribution in [0, 0.1) is 6.92 Å². The van der Waals surface area contributed by atoms with Crippen molar-refractivity contribution in [3.05, 3.63) is 75.1 Å². The maximum atomic E-state index is 12.6. The van der Waals surface area contributed by atoms with Crippen molar-refractivity contribution in [2.24, 2.45) is 0 Å². The van der Waals surface area contributed by atoms with Crippen molar-refractivity contribution in [2.75, 3.05) is 0 Å². The normalized spacial score (nSPS) is 11.4. The first-order chi connectivity index (χ1) is 11.1. The predicted molar refractivity (Wildman–Crippen MR) is 93.8 cm³/mol. The van der Waals surface area contributed by atoms with Crippen molar-refractivity contribution in [1.29, 1.82) is 0 Å². The molecule has 3 aromatic heterocycles. The molecule has 4 nitrogen and oxygen atoms in total. The van der Waals surface area contributed by atoms with Gasteiger partial charge in [0, 0.05) is 24.0 Å². The summed E-state index contributed by atoms with van der Waals surface area (Å²) in [6, 6.07) is 9.76. The second kappa shape index (κ2) is 5.35. The van der Waals surface area contributed by atoms with Crippen LogP contribution in [-0.2, 0) is 6.54 Å². The van der Waals surface area contributed by atoms with Gasteiger partial charge in [-0.05, 0) is 58.1 Å². The predicted octanol–water partition coefficient (Wildman–Crippen LogP) is 4.26. The molecule has 0 aliphatic rings. The molecule has 23 heavy (non-hydrogen) atoms. The van der Waals surface area contributed by atoms with Crippen molar-refractivity contribution in [1.82, 2.24) is 9.55 Å². The van der Waals surface area contributed by atoms with E-state index < -0.39 is 0 Å². The molecule has 3 heterocycles. The summed E-state index contributed by atoms with van der Waals surface area (Å²) in [6.07, 6.45) is 5.08. The van der Waals surface area contributed by atoms with Gasteiger partial charge < -0.3 is 8.98 Å². The number of halogens is 1.